The minimum absolute atomic E-state index is 0.140. The lowest BCUT2D eigenvalue weighted by molar-refractivity contribution is -0.121. The van der Waals surface area contributed by atoms with E-state index in [1.165, 1.54) is 6.07 Å². The van der Waals surface area contributed by atoms with Crippen molar-refractivity contribution in [2.75, 3.05) is 11.9 Å². The number of rotatable bonds is 5. The Labute approximate surface area is 115 Å². The molecular weight excluding hydrogens is 299 g/mol. The van der Waals surface area contributed by atoms with Gasteiger partial charge in [0.2, 0.25) is 5.91 Å². The molecule has 0 aliphatic rings. The number of benzene rings is 1. The van der Waals surface area contributed by atoms with E-state index in [0.717, 1.165) is 0 Å². The zero-order valence-corrected chi connectivity index (χ0v) is 12.3. The lowest BCUT2D eigenvalue weighted by atomic mass is 10.2. The first-order valence-corrected chi connectivity index (χ1v) is 6.69. The van der Waals surface area contributed by atoms with E-state index in [1.54, 1.807) is 19.1 Å². The molecule has 0 bridgehead atoms. The third kappa shape index (κ3) is 4.29. The second-order valence-corrected chi connectivity index (χ2v) is 5.46. The van der Waals surface area contributed by atoms with Crippen molar-refractivity contribution in [2.45, 2.75) is 26.8 Å². The molecule has 0 radical (unpaired) electrons. The molecule has 1 rings (SSSR count). The van der Waals surface area contributed by atoms with E-state index < -0.39 is 6.04 Å². The average molecular weight is 317 g/mol. The monoisotopic (exact) mass is 316 g/mol. The van der Waals surface area contributed by atoms with Crippen molar-refractivity contribution in [3.8, 4) is 0 Å². The largest absolute Gasteiger partial charge is 0.371 e. The third-order valence-electron chi connectivity index (χ3n) is 2.40. The lowest BCUT2D eigenvalue weighted by Gasteiger charge is -2.17. The van der Waals surface area contributed by atoms with Crippen molar-refractivity contribution in [1.82, 2.24) is 5.32 Å². The van der Waals surface area contributed by atoms with Crippen LogP contribution in [0.25, 0.3) is 0 Å². The predicted octanol–water partition coefficient (Wildman–Crippen LogP) is 3.16. The summed E-state index contributed by atoms with van der Waals surface area (Å²) in [6, 6.07) is 4.20. The summed E-state index contributed by atoms with van der Waals surface area (Å²) in [4.78, 5) is 11.8. The van der Waals surface area contributed by atoms with Crippen LogP contribution in [0.2, 0.25) is 0 Å². The van der Waals surface area contributed by atoms with E-state index in [9.17, 15) is 9.18 Å². The topological polar surface area (TPSA) is 41.1 Å². The van der Waals surface area contributed by atoms with E-state index >= 15 is 0 Å². The number of amides is 1. The Kier molecular flexibility index (Phi) is 5.59. The van der Waals surface area contributed by atoms with Crippen molar-refractivity contribution in [1.29, 1.82) is 0 Å². The van der Waals surface area contributed by atoms with Crippen LogP contribution in [0.3, 0.4) is 0 Å². The van der Waals surface area contributed by atoms with Crippen LogP contribution in [0.4, 0.5) is 10.1 Å². The van der Waals surface area contributed by atoms with Gasteiger partial charge in [0.15, 0.2) is 0 Å². The number of carbonyl (C=O) groups is 1. The van der Waals surface area contributed by atoms with Gasteiger partial charge in [-0.1, -0.05) is 19.9 Å². The van der Waals surface area contributed by atoms with Crippen LogP contribution in [-0.2, 0) is 4.79 Å². The van der Waals surface area contributed by atoms with Crippen molar-refractivity contribution in [3.63, 3.8) is 0 Å². The Morgan fingerprint density at radius 2 is 2.06 bits per heavy atom. The molecule has 1 amide bonds. The van der Waals surface area contributed by atoms with Crippen LogP contribution >= 0.6 is 15.9 Å². The highest BCUT2D eigenvalue weighted by Gasteiger charge is 2.15. The maximum atomic E-state index is 13.6. The molecule has 0 fully saturated rings. The predicted molar refractivity (Wildman–Crippen MR) is 75.0 cm³/mol. The Balaban J connectivity index is 2.64. The molecule has 18 heavy (non-hydrogen) atoms. The highest BCUT2D eigenvalue weighted by molar-refractivity contribution is 9.10. The van der Waals surface area contributed by atoms with Gasteiger partial charge in [0.25, 0.3) is 0 Å². The van der Waals surface area contributed by atoms with E-state index in [2.05, 4.69) is 26.6 Å². The molecule has 0 aliphatic heterocycles. The zero-order chi connectivity index (χ0) is 13.7. The molecule has 2 N–H and O–H groups in total. The minimum atomic E-state index is -0.489. The number of hydrogen-bond acceptors (Lipinski definition) is 2. The summed E-state index contributed by atoms with van der Waals surface area (Å²) < 4.78 is 14.2. The molecule has 1 aromatic rings. The van der Waals surface area contributed by atoms with Gasteiger partial charge in [0, 0.05) is 11.0 Å². The van der Waals surface area contributed by atoms with E-state index in [4.69, 9.17) is 0 Å². The van der Waals surface area contributed by atoms with Crippen molar-refractivity contribution < 1.29 is 9.18 Å². The normalized spacial score (nSPS) is 12.3. The highest BCUT2D eigenvalue weighted by atomic mass is 79.9. The molecule has 5 heteroatoms. The van der Waals surface area contributed by atoms with Gasteiger partial charge in [0.05, 0.1) is 5.69 Å². The Morgan fingerprint density at radius 1 is 1.39 bits per heavy atom. The number of halogens is 2. The molecule has 0 saturated carbocycles. The maximum absolute atomic E-state index is 13.6. The molecule has 1 atom stereocenters. The number of anilines is 1. The molecule has 0 saturated heterocycles. The summed E-state index contributed by atoms with van der Waals surface area (Å²) in [5.41, 5.74) is 0.310. The van der Waals surface area contributed by atoms with Gasteiger partial charge in [-0.05, 0) is 40.9 Å². The van der Waals surface area contributed by atoms with E-state index in [-0.39, 0.29) is 11.7 Å². The van der Waals surface area contributed by atoms with E-state index in [0.29, 0.717) is 22.6 Å². The summed E-state index contributed by atoms with van der Waals surface area (Å²) in [6.07, 6.45) is 0. The zero-order valence-electron chi connectivity index (χ0n) is 10.8. The van der Waals surface area contributed by atoms with Crippen molar-refractivity contribution in [3.05, 3.63) is 28.5 Å². The quantitative estimate of drug-likeness (QED) is 0.876. The second-order valence-electron chi connectivity index (χ2n) is 4.60. The van der Waals surface area contributed by atoms with Crippen LogP contribution in [-0.4, -0.2) is 18.5 Å². The molecule has 0 spiro atoms. The lowest BCUT2D eigenvalue weighted by Crippen LogP contribution is -2.39. The molecule has 0 heterocycles. The molecule has 1 aromatic carbocycles. The van der Waals surface area contributed by atoms with Crippen LogP contribution in [0, 0.1) is 11.7 Å². The summed E-state index contributed by atoms with van der Waals surface area (Å²) in [6.45, 7) is 6.36. The van der Waals surface area contributed by atoms with Gasteiger partial charge in [-0.15, -0.1) is 0 Å². The number of carbonyl (C=O) groups excluding carboxylic acids is 1. The first-order chi connectivity index (χ1) is 8.41. The van der Waals surface area contributed by atoms with Crippen LogP contribution in [0.1, 0.15) is 20.8 Å². The maximum Gasteiger partial charge on any atom is 0.242 e. The number of para-hydroxylation sites is 1. The Bertz CT molecular complexity index is 403. The van der Waals surface area contributed by atoms with Crippen LogP contribution in [0.5, 0.6) is 0 Å². The van der Waals surface area contributed by atoms with Crippen molar-refractivity contribution in [2.24, 2.45) is 5.92 Å². The van der Waals surface area contributed by atoms with Gasteiger partial charge < -0.3 is 10.6 Å². The van der Waals surface area contributed by atoms with E-state index in [1.807, 2.05) is 13.8 Å². The van der Waals surface area contributed by atoms with Gasteiger partial charge in [-0.3, -0.25) is 4.79 Å². The Hall–Kier alpha value is -1.10. The standard InChI is InChI=1S/C13H18BrFN2O/c1-8(2)7-16-13(18)9(3)17-12-10(14)5-4-6-11(12)15/h4-6,8-9,17H,7H2,1-3H3,(H,16,18). The van der Waals surface area contributed by atoms with Gasteiger partial charge >= 0.3 is 0 Å². The average Bonchev–Trinajstić information content (AvgIpc) is 2.30. The van der Waals surface area contributed by atoms with Crippen molar-refractivity contribution >= 4 is 27.5 Å². The third-order valence-corrected chi connectivity index (χ3v) is 3.06. The fourth-order valence-corrected chi connectivity index (χ4v) is 1.83. The SMILES string of the molecule is CC(C)CNC(=O)C(C)Nc1c(F)cccc1Br. The smallest absolute Gasteiger partial charge is 0.242 e. The first-order valence-electron chi connectivity index (χ1n) is 5.90. The fourth-order valence-electron chi connectivity index (χ4n) is 1.38. The molecule has 100 valence electrons. The molecule has 1 unspecified atom stereocenters. The molecular formula is C13H18BrFN2O. The summed E-state index contributed by atoms with van der Waals surface area (Å²) in [5, 5.41) is 5.67. The summed E-state index contributed by atoms with van der Waals surface area (Å²) >= 11 is 3.25. The molecule has 3 nitrogen and oxygen atoms in total. The minimum Gasteiger partial charge on any atom is -0.371 e. The second kappa shape index (κ2) is 6.73. The van der Waals surface area contributed by atoms with Gasteiger partial charge in [0.1, 0.15) is 11.9 Å². The number of hydrogen-bond donors (Lipinski definition) is 2. The van der Waals surface area contributed by atoms with Crippen LogP contribution in [0.15, 0.2) is 22.7 Å². The summed E-state index contributed by atoms with van der Waals surface area (Å²) in [5.74, 6) is -0.131. The first kappa shape index (κ1) is 15.0. The Morgan fingerprint density at radius 3 is 2.61 bits per heavy atom. The van der Waals surface area contributed by atoms with Gasteiger partial charge in [-0.2, -0.15) is 0 Å². The molecule has 0 aromatic heterocycles. The van der Waals surface area contributed by atoms with Gasteiger partial charge in [-0.25, -0.2) is 4.39 Å². The fraction of sp³-hybridized carbons (Fsp3) is 0.462. The van der Waals surface area contributed by atoms with Crippen LogP contribution < -0.4 is 10.6 Å². The number of nitrogens with one attached hydrogen (secondary N) is 2. The highest BCUT2D eigenvalue weighted by Crippen LogP contribution is 2.25. The summed E-state index contributed by atoms with van der Waals surface area (Å²) in [7, 11) is 0. The molecule has 0 aliphatic carbocycles.